The summed E-state index contributed by atoms with van der Waals surface area (Å²) in [4.78, 5) is 18.5. The molecule has 28 heavy (non-hydrogen) atoms. The minimum atomic E-state index is -0.934. The Morgan fingerprint density at radius 2 is 1.75 bits per heavy atom. The third-order valence-corrected chi connectivity index (χ3v) is 5.14. The Morgan fingerprint density at radius 1 is 1.07 bits per heavy atom. The molecule has 0 unspecified atom stereocenters. The smallest absolute Gasteiger partial charge is 0.335 e. The SMILES string of the molecule is CCCCN(CCCC)CCCn1c(CCCO)nc2cc(C(=O)O)ccc21. The van der Waals surface area contributed by atoms with Crippen molar-refractivity contribution in [2.24, 2.45) is 0 Å². The molecule has 0 atom stereocenters. The van der Waals surface area contributed by atoms with Gasteiger partial charge in [0.05, 0.1) is 16.6 Å². The highest BCUT2D eigenvalue weighted by atomic mass is 16.4. The number of aliphatic hydroxyl groups excluding tert-OH is 1. The average Bonchev–Trinajstić information content (AvgIpc) is 3.04. The Kier molecular flexibility index (Phi) is 9.44. The zero-order valence-electron chi connectivity index (χ0n) is 17.4. The van der Waals surface area contributed by atoms with Gasteiger partial charge in [-0.1, -0.05) is 26.7 Å². The molecule has 1 aromatic heterocycles. The van der Waals surface area contributed by atoms with Crippen molar-refractivity contribution in [2.45, 2.75) is 65.3 Å². The van der Waals surface area contributed by atoms with Gasteiger partial charge in [-0.3, -0.25) is 0 Å². The van der Waals surface area contributed by atoms with Crippen LogP contribution in [0.1, 0.15) is 68.6 Å². The van der Waals surface area contributed by atoms with Crippen LogP contribution in [0.4, 0.5) is 0 Å². The van der Waals surface area contributed by atoms with Crippen LogP contribution in [0.15, 0.2) is 18.2 Å². The van der Waals surface area contributed by atoms with Crippen molar-refractivity contribution in [3.63, 3.8) is 0 Å². The second-order valence-electron chi connectivity index (χ2n) is 7.42. The van der Waals surface area contributed by atoms with Crippen LogP contribution in [-0.2, 0) is 13.0 Å². The third kappa shape index (κ3) is 6.31. The molecule has 0 fully saturated rings. The highest BCUT2D eigenvalue weighted by Crippen LogP contribution is 2.20. The number of aliphatic hydroxyl groups is 1. The van der Waals surface area contributed by atoms with Crippen LogP contribution in [0, 0.1) is 0 Å². The van der Waals surface area contributed by atoms with E-state index >= 15 is 0 Å². The molecule has 0 bridgehead atoms. The van der Waals surface area contributed by atoms with Crippen molar-refractivity contribution in [3.05, 3.63) is 29.6 Å². The molecule has 1 heterocycles. The van der Waals surface area contributed by atoms with E-state index < -0.39 is 5.97 Å². The van der Waals surface area contributed by atoms with Crippen molar-refractivity contribution in [3.8, 4) is 0 Å². The van der Waals surface area contributed by atoms with Gasteiger partial charge in [0.25, 0.3) is 0 Å². The number of carboxylic acids is 1. The second kappa shape index (κ2) is 11.8. The molecule has 2 aromatic rings. The maximum absolute atomic E-state index is 11.3. The van der Waals surface area contributed by atoms with E-state index in [2.05, 4.69) is 28.3 Å². The minimum Gasteiger partial charge on any atom is -0.478 e. The van der Waals surface area contributed by atoms with Crippen molar-refractivity contribution in [1.82, 2.24) is 14.5 Å². The zero-order chi connectivity index (χ0) is 20.4. The summed E-state index contributed by atoms with van der Waals surface area (Å²) in [5.41, 5.74) is 1.96. The second-order valence-corrected chi connectivity index (χ2v) is 7.42. The van der Waals surface area contributed by atoms with E-state index in [0.717, 1.165) is 49.5 Å². The number of fused-ring (bicyclic) bond motifs is 1. The number of unbranched alkanes of at least 4 members (excludes halogenated alkanes) is 2. The number of nitrogens with zero attached hydrogens (tertiary/aromatic N) is 3. The van der Waals surface area contributed by atoms with Crippen LogP contribution in [0.25, 0.3) is 11.0 Å². The van der Waals surface area contributed by atoms with Gasteiger partial charge in [-0.2, -0.15) is 0 Å². The summed E-state index contributed by atoms with van der Waals surface area (Å²) in [6.07, 6.45) is 7.29. The number of aryl methyl sites for hydroxylation is 2. The summed E-state index contributed by atoms with van der Waals surface area (Å²) in [5.74, 6) is -0.00361. The number of hydrogen-bond acceptors (Lipinski definition) is 4. The first-order chi connectivity index (χ1) is 13.6. The fourth-order valence-corrected chi connectivity index (χ4v) is 3.54. The first kappa shape index (κ1) is 22.4. The maximum atomic E-state index is 11.3. The number of imidazole rings is 1. The van der Waals surface area contributed by atoms with Crippen LogP contribution in [0.5, 0.6) is 0 Å². The predicted molar refractivity (Wildman–Crippen MR) is 113 cm³/mol. The van der Waals surface area contributed by atoms with Gasteiger partial charge in [0.2, 0.25) is 0 Å². The predicted octanol–water partition coefficient (Wildman–Crippen LogP) is 3.95. The Morgan fingerprint density at radius 3 is 2.36 bits per heavy atom. The van der Waals surface area contributed by atoms with Gasteiger partial charge in [0.1, 0.15) is 5.82 Å². The summed E-state index contributed by atoms with van der Waals surface area (Å²) in [6.45, 7) is 8.82. The molecule has 0 amide bonds. The van der Waals surface area contributed by atoms with Gasteiger partial charge in [0, 0.05) is 19.6 Å². The summed E-state index contributed by atoms with van der Waals surface area (Å²) in [5, 5.41) is 18.4. The lowest BCUT2D eigenvalue weighted by molar-refractivity contribution is 0.0697. The third-order valence-electron chi connectivity index (χ3n) is 5.14. The molecule has 2 N–H and O–H groups in total. The Balaban J connectivity index is 2.12. The summed E-state index contributed by atoms with van der Waals surface area (Å²) >= 11 is 0. The summed E-state index contributed by atoms with van der Waals surface area (Å²) in [6, 6.07) is 5.15. The number of carbonyl (C=O) groups is 1. The first-order valence-electron chi connectivity index (χ1n) is 10.7. The fraction of sp³-hybridized carbons (Fsp3) is 0.636. The van der Waals surface area contributed by atoms with Gasteiger partial charge >= 0.3 is 5.97 Å². The molecule has 2 rings (SSSR count). The molecule has 0 aliphatic heterocycles. The van der Waals surface area contributed by atoms with Crippen LogP contribution < -0.4 is 0 Å². The van der Waals surface area contributed by atoms with Gasteiger partial charge in [-0.05, 0) is 63.5 Å². The van der Waals surface area contributed by atoms with E-state index in [1.807, 2.05) is 6.07 Å². The quantitative estimate of drug-likeness (QED) is 0.511. The van der Waals surface area contributed by atoms with Gasteiger partial charge in [0.15, 0.2) is 0 Å². The van der Waals surface area contributed by atoms with Crippen LogP contribution in [-0.4, -0.2) is 56.9 Å². The van der Waals surface area contributed by atoms with Crippen molar-refractivity contribution >= 4 is 17.0 Å². The molecule has 0 aliphatic carbocycles. The van der Waals surface area contributed by atoms with Crippen LogP contribution >= 0.6 is 0 Å². The van der Waals surface area contributed by atoms with E-state index in [-0.39, 0.29) is 12.2 Å². The van der Waals surface area contributed by atoms with Gasteiger partial charge in [-0.25, -0.2) is 9.78 Å². The molecular weight excluding hydrogens is 354 g/mol. The molecule has 0 saturated carbocycles. The molecule has 0 saturated heterocycles. The van der Waals surface area contributed by atoms with Crippen LogP contribution in [0.3, 0.4) is 0 Å². The van der Waals surface area contributed by atoms with Crippen molar-refractivity contribution < 1.29 is 15.0 Å². The molecular formula is C22H35N3O3. The molecule has 6 nitrogen and oxygen atoms in total. The molecule has 156 valence electrons. The van der Waals surface area contributed by atoms with E-state index in [4.69, 9.17) is 0 Å². The number of aromatic nitrogens is 2. The Hall–Kier alpha value is -1.92. The highest BCUT2D eigenvalue weighted by Gasteiger charge is 2.13. The Bertz CT molecular complexity index is 734. The first-order valence-corrected chi connectivity index (χ1v) is 10.7. The zero-order valence-corrected chi connectivity index (χ0v) is 17.4. The molecule has 0 spiro atoms. The normalized spacial score (nSPS) is 11.6. The number of hydrogen-bond donors (Lipinski definition) is 2. The van der Waals surface area contributed by atoms with Gasteiger partial charge in [-0.15, -0.1) is 0 Å². The summed E-state index contributed by atoms with van der Waals surface area (Å²) in [7, 11) is 0. The lowest BCUT2D eigenvalue weighted by Gasteiger charge is -2.22. The highest BCUT2D eigenvalue weighted by molar-refractivity contribution is 5.92. The van der Waals surface area contributed by atoms with Crippen molar-refractivity contribution in [2.75, 3.05) is 26.2 Å². The maximum Gasteiger partial charge on any atom is 0.335 e. The lowest BCUT2D eigenvalue weighted by atomic mass is 10.2. The lowest BCUT2D eigenvalue weighted by Crippen LogP contribution is -2.28. The average molecular weight is 390 g/mol. The topological polar surface area (TPSA) is 78.6 Å². The minimum absolute atomic E-state index is 0.130. The molecule has 1 aromatic carbocycles. The van der Waals surface area contributed by atoms with Crippen LogP contribution in [0.2, 0.25) is 0 Å². The molecule has 0 aliphatic rings. The summed E-state index contributed by atoms with van der Waals surface area (Å²) < 4.78 is 2.20. The molecule has 6 heteroatoms. The number of aromatic carboxylic acids is 1. The standard InChI is InChI=1S/C22H35N3O3/c1-3-5-12-24(13-6-4-2)14-8-15-25-20-11-10-18(22(27)28)17-19(20)23-21(25)9-7-16-26/h10-11,17,26H,3-9,12-16H2,1-2H3,(H,27,28). The monoisotopic (exact) mass is 389 g/mol. The molecule has 0 radical (unpaired) electrons. The van der Waals surface area contributed by atoms with Crippen molar-refractivity contribution in [1.29, 1.82) is 0 Å². The van der Waals surface area contributed by atoms with E-state index in [0.29, 0.717) is 12.8 Å². The van der Waals surface area contributed by atoms with E-state index in [9.17, 15) is 15.0 Å². The Labute approximate surface area is 168 Å². The number of rotatable bonds is 14. The fourth-order valence-electron chi connectivity index (χ4n) is 3.54. The van der Waals surface area contributed by atoms with E-state index in [1.54, 1.807) is 12.1 Å². The number of carboxylic acid groups (broad SMARTS) is 1. The van der Waals surface area contributed by atoms with Gasteiger partial charge < -0.3 is 19.7 Å². The van der Waals surface area contributed by atoms with E-state index in [1.165, 1.54) is 25.7 Å². The number of benzene rings is 1. The largest absolute Gasteiger partial charge is 0.478 e.